The highest BCUT2D eigenvalue weighted by Gasteiger charge is 2.25. The lowest BCUT2D eigenvalue weighted by atomic mass is 9.89. The predicted molar refractivity (Wildman–Crippen MR) is 82.3 cm³/mol. The number of hydrazone groups is 1. The smallest absolute Gasteiger partial charge is 0.0704 e. The molecule has 0 saturated carbocycles. The molecule has 3 heteroatoms. The highest BCUT2D eigenvalue weighted by Crippen LogP contribution is 2.25. The number of hydrogen-bond donors (Lipinski definition) is 0. The van der Waals surface area contributed by atoms with E-state index < -0.39 is 0 Å². The number of nitrogens with zero attached hydrogens (tertiary/aromatic N) is 2. The Hall–Kier alpha value is -1.35. The van der Waals surface area contributed by atoms with Gasteiger partial charge in [0, 0.05) is 19.2 Å². The molecule has 0 aromatic heterocycles. The Morgan fingerprint density at radius 1 is 1.30 bits per heavy atom. The lowest BCUT2D eigenvalue weighted by molar-refractivity contribution is 0.118. The SMILES string of the molecule is COC[C@@H]1CCCN1/N=C1\CCCc2cc(C)ccc21. The molecule has 1 aromatic carbocycles. The molecular formula is C17H24N2O. The Bertz CT molecular complexity index is 510. The van der Waals surface area contributed by atoms with Gasteiger partial charge in [-0.25, -0.2) is 0 Å². The van der Waals surface area contributed by atoms with Gasteiger partial charge in [-0.3, -0.25) is 5.01 Å². The van der Waals surface area contributed by atoms with E-state index in [1.165, 1.54) is 48.1 Å². The molecule has 1 atom stereocenters. The van der Waals surface area contributed by atoms with Crippen molar-refractivity contribution in [2.45, 2.75) is 45.1 Å². The second-order valence-corrected chi connectivity index (χ2v) is 5.98. The summed E-state index contributed by atoms with van der Waals surface area (Å²) in [6.07, 6.45) is 5.94. The van der Waals surface area contributed by atoms with Gasteiger partial charge in [0.1, 0.15) is 0 Å². The molecule has 1 aliphatic carbocycles. The molecule has 2 aliphatic rings. The highest BCUT2D eigenvalue weighted by atomic mass is 16.5. The Kier molecular flexibility index (Phi) is 4.06. The second kappa shape index (κ2) is 5.96. The van der Waals surface area contributed by atoms with Crippen LogP contribution in [0.3, 0.4) is 0 Å². The zero-order valence-corrected chi connectivity index (χ0v) is 12.6. The number of fused-ring (bicyclic) bond motifs is 1. The minimum absolute atomic E-state index is 0.461. The van der Waals surface area contributed by atoms with Crippen molar-refractivity contribution in [3.63, 3.8) is 0 Å². The summed E-state index contributed by atoms with van der Waals surface area (Å²) in [7, 11) is 1.78. The largest absolute Gasteiger partial charge is 0.382 e. The molecule has 1 heterocycles. The van der Waals surface area contributed by atoms with Gasteiger partial charge >= 0.3 is 0 Å². The third-order valence-electron chi connectivity index (χ3n) is 4.39. The quantitative estimate of drug-likeness (QED) is 0.844. The van der Waals surface area contributed by atoms with Crippen LogP contribution in [0.2, 0.25) is 0 Å². The zero-order chi connectivity index (χ0) is 13.9. The summed E-state index contributed by atoms with van der Waals surface area (Å²) in [6.45, 7) is 4.02. The topological polar surface area (TPSA) is 24.8 Å². The first-order chi connectivity index (χ1) is 9.78. The van der Waals surface area contributed by atoms with Crippen LogP contribution in [-0.4, -0.2) is 37.0 Å². The molecule has 0 unspecified atom stereocenters. The number of methoxy groups -OCH3 is 1. The van der Waals surface area contributed by atoms with Crippen LogP contribution in [0.15, 0.2) is 23.3 Å². The molecular weight excluding hydrogens is 248 g/mol. The van der Waals surface area contributed by atoms with E-state index in [9.17, 15) is 0 Å². The predicted octanol–water partition coefficient (Wildman–Crippen LogP) is 3.15. The fourth-order valence-electron chi connectivity index (χ4n) is 3.36. The second-order valence-electron chi connectivity index (χ2n) is 5.98. The van der Waals surface area contributed by atoms with E-state index in [1.807, 2.05) is 0 Å². The van der Waals surface area contributed by atoms with Gasteiger partial charge in [0.2, 0.25) is 0 Å². The van der Waals surface area contributed by atoms with Gasteiger partial charge in [0.25, 0.3) is 0 Å². The van der Waals surface area contributed by atoms with Crippen LogP contribution >= 0.6 is 0 Å². The first-order valence-corrected chi connectivity index (χ1v) is 7.71. The molecule has 3 rings (SSSR count). The van der Waals surface area contributed by atoms with E-state index in [1.54, 1.807) is 7.11 Å². The maximum absolute atomic E-state index is 5.32. The van der Waals surface area contributed by atoms with E-state index in [0.717, 1.165) is 19.6 Å². The van der Waals surface area contributed by atoms with Crippen LogP contribution in [0.25, 0.3) is 0 Å². The zero-order valence-electron chi connectivity index (χ0n) is 12.6. The number of benzene rings is 1. The van der Waals surface area contributed by atoms with Crippen LogP contribution in [0.5, 0.6) is 0 Å². The maximum atomic E-state index is 5.32. The van der Waals surface area contributed by atoms with Crippen LogP contribution < -0.4 is 0 Å². The first-order valence-electron chi connectivity index (χ1n) is 7.71. The van der Waals surface area contributed by atoms with E-state index in [-0.39, 0.29) is 0 Å². The minimum atomic E-state index is 0.461. The normalized spacial score (nSPS) is 24.2. The van der Waals surface area contributed by atoms with Gasteiger partial charge < -0.3 is 4.74 Å². The van der Waals surface area contributed by atoms with Crippen molar-refractivity contribution in [2.24, 2.45) is 5.10 Å². The molecule has 3 nitrogen and oxygen atoms in total. The lowest BCUT2D eigenvalue weighted by Gasteiger charge is -2.25. The number of ether oxygens (including phenoxy) is 1. The van der Waals surface area contributed by atoms with Crippen molar-refractivity contribution in [3.8, 4) is 0 Å². The summed E-state index contributed by atoms with van der Waals surface area (Å²) >= 11 is 0. The van der Waals surface area contributed by atoms with Gasteiger partial charge in [-0.05, 0) is 44.6 Å². The van der Waals surface area contributed by atoms with Crippen molar-refractivity contribution in [2.75, 3.05) is 20.3 Å². The fourth-order valence-corrected chi connectivity index (χ4v) is 3.36. The van der Waals surface area contributed by atoms with Crippen LogP contribution in [0.4, 0.5) is 0 Å². The molecule has 108 valence electrons. The van der Waals surface area contributed by atoms with E-state index in [2.05, 4.69) is 30.1 Å². The van der Waals surface area contributed by atoms with Crippen molar-refractivity contribution < 1.29 is 4.74 Å². The van der Waals surface area contributed by atoms with Crippen LogP contribution in [0.1, 0.15) is 42.4 Å². The molecule has 1 saturated heterocycles. The van der Waals surface area contributed by atoms with Gasteiger partial charge in [-0.15, -0.1) is 0 Å². The average molecular weight is 272 g/mol. The molecule has 0 spiro atoms. The van der Waals surface area contributed by atoms with Gasteiger partial charge in [0.05, 0.1) is 18.4 Å². The van der Waals surface area contributed by atoms with Gasteiger partial charge in [0.15, 0.2) is 0 Å². The summed E-state index contributed by atoms with van der Waals surface area (Å²) < 4.78 is 5.32. The monoisotopic (exact) mass is 272 g/mol. The summed E-state index contributed by atoms with van der Waals surface area (Å²) in [5.74, 6) is 0. The molecule has 20 heavy (non-hydrogen) atoms. The van der Waals surface area contributed by atoms with Crippen LogP contribution in [0, 0.1) is 6.92 Å². The van der Waals surface area contributed by atoms with Crippen molar-refractivity contribution in [3.05, 3.63) is 34.9 Å². The molecule has 0 bridgehead atoms. The summed E-state index contributed by atoms with van der Waals surface area (Å²) in [5, 5.41) is 7.23. The Morgan fingerprint density at radius 3 is 3.05 bits per heavy atom. The Labute approximate surface area is 121 Å². The number of aryl methyl sites for hydroxylation is 2. The number of rotatable bonds is 3. The minimum Gasteiger partial charge on any atom is -0.382 e. The molecule has 0 amide bonds. The maximum Gasteiger partial charge on any atom is 0.0704 e. The Balaban J connectivity index is 1.86. The lowest BCUT2D eigenvalue weighted by Crippen LogP contribution is -2.30. The molecule has 1 aliphatic heterocycles. The highest BCUT2D eigenvalue weighted by molar-refractivity contribution is 6.02. The van der Waals surface area contributed by atoms with Gasteiger partial charge in [-0.2, -0.15) is 5.10 Å². The molecule has 1 aromatic rings. The summed E-state index contributed by atoms with van der Waals surface area (Å²) in [5.41, 5.74) is 5.46. The third-order valence-corrected chi connectivity index (χ3v) is 4.39. The van der Waals surface area contributed by atoms with Crippen molar-refractivity contribution in [1.82, 2.24) is 5.01 Å². The average Bonchev–Trinajstić information content (AvgIpc) is 2.86. The standard InChI is InChI=1S/C17H24N2O/c1-13-8-9-16-14(11-13)5-3-7-17(16)18-19-10-4-6-15(19)12-20-2/h8-9,11,15H,3-7,10,12H2,1-2H3/b18-17+/t15-/m0/s1. The van der Waals surface area contributed by atoms with Gasteiger partial charge in [-0.1, -0.05) is 23.8 Å². The van der Waals surface area contributed by atoms with Crippen molar-refractivity contribution >= 4 is 5.71 Å². The molecule has 1 fully saturated rings. The van der Waals surface area contributed by atoms with Crippen LogP contribution in [-0.2, 0) is 11.2 Å². The number of hydrogen-bond acceptors (Lipinski definition) is 3. The Morgan fingerprint density at radius 2 is 2.20 bits per heavy atom. The third kappa shape index (κ3) is 2.73. The van der Waals surface area contributed by atoms with Crippen molar-refractivity contribution in [1.29, 1.82) is 0 Å². The summed E-state index contributed by atoms with van der Waals surface area (Å²) in [4.78, 5) is 0. The molecule has 0 N–H and O–H groups in total. The van der Waals surface area contributed by atoms with E-state index >= 15 is 0 Å². The molecule has 0 radical (unpaired) electrons. The fraction of sp³-hybridized carbons (Fsp3) is 0.588. The summed E-state index contributed by atoms with van der Waals surface area (Å²) in [6, 6.07) is 7.24. The van der Waals surface area contributed by atoms with E-state index in [0.29, 0.717) is 6.04 Å². The van der Waals surface area contributed by atoms with E-state index in [4.69, 9.17) is 9.84 Å². The first kappa shape index (κ1) is 13.6.